The van der Waals surface area contributed by atoms with Crippen molar-refractivity contribution in [2.45, 2.75) is 25.6 Å². The van der Waals surface area contributed by atoms with Gasteiger partial charge in [0.25, 0.3) is 0 Å². The van der Waals surface area contributed by atoms with Crippen LogP contribution in [0.1, 0.15) is 36.7 Å². The monoisotopic (exact) mass is 328 g/mol. The van der Waals surface area contributed by atoms with E-state index in [4.69, 9.17) is 4.74 Å². The van der Waals surface area contributed by atoms with Crippen molar-refractivity contribution >= 4 is 11.7 Å². The minimum Gasteiger partial charge on any atom is -0.388 e. The van der Waals surface area contributed by atoms with Crippen LogP contribution in [0.25, 0.3) is 0 Å². The summed E-state index contributed by atoms with van der Waals surface area (Å²) in [6, 6.07) is 16.6. The molecular formula is C19H24N2O3. The Bertz CT molecular complexity index is 646. The van der Waals surface area contributed by atoms with Gasteiger partial charge in [-0.1, -0.05) is 42.5 Å². The summed E-state index contributed by atoms with van der Waals surface area (Å²) in [5.74, 6) is 0. The van der Waals surface area contributed by atoms with Gasteiger partial charge in [0, 0.05) is 19.3 Å². The summed E-state index contributed by atoms with van der Waals surface area (Å²) in [5, 5.41) is 15.6. The fraction of sp³-hybridized carbons (Fsp3) is 0.316. The van der Waals surface area contributed by atoms with Crippen LogP contribution in [0.2, 0.25) is 0 Å². The number of hydrogen-bond acceptors (Lipinski definition) is 3. The van der Waals surface area contributed by atoms with Crippen molar-refractivity contribution in [3.63, 3.8) is 0 Å². The molecule has 2 atom stereocenters. The second-order valence-corrected chi connectivity index (χ2v) is 5.60. The van der Waals surface area contributed by atoms with Crippen LogP contribution in [0.3, 0.4) is 0 Å². The molecule has 0 saturated carbocycles. The van der Waals surface area contributed by atoms with Crippen LogP contribution in [0.4, 0.5) is 10.5 Å². The molecule has 0 spiro atoms. The number of ether oxygens (including phenoxy) is 1. The fourth-order valence-corrected chi connectivity index (χ4v) is 2.34. The molecule has 128 valence electrons. The summed E-state index contributed by atoms with van der Waals surface area (Å²) in [5.41, 5.74) is 2.55. The number of aliphatic hydroxyl groups excluding tert-OH is 1. The van der Waals surface area contributed by atoms with Gasteiger partial charge in [-0.25, -0.2) is 4.79 Å². The number of anilines is 1. The first-order chi connectivity index (χ1) is 11.6. The van der Waals surface area contributed by atoms with E-state index in [9.17, 15) is 9.90 Å². The van der Waals surface area contributed by atoms with Gasteiger partial charge in [-0.05, 0) is 36.6 Å². The number of nitrogens with one attached hydrogen (secondary N) is 2. The SMILES string of the molecule is COC(C)c1cccc(NC(=O)NCCC(O)c2ccccc2)c1. The van der Waals surface area contributed by atoms with Crippen molar-refractivity contribution in [1.29, 1.82) is 0 Å². The van der Waals surface area contributed by atoms with Crippen molar-refractivity contribution < 1.29 is 14.6 Å². The molecule has 24 heavy (non-hydrogen) atoms. The Labute approximate surface area is 142 Å². The highest BCUT2D eigenvalue weighted by Gasteiger charge is 2.09. The van der Waals surface area contributed by atoms with E-state index in [0.717, 1.165) is 11.1 Å². The van der Waals surface area contributed by atoms with Crippen molar-refractivity contribution in [2.75, 3.05) is 19.0 Å². The molecule has 0 aromatic heterocycles. The number of amides is 2. The topological polar surface area (TPSA) is 70.6 Å². The highest BCUT2D eigenvalue weighted by atomic mass is 16.5. The Morgan fingerprint density at radius 1 is 1.12 bits per heavy atom. The lowest BCUT2D eigenvalue weighted by Crippen LogP contribution is -2.30. The largest absolute Gasteiger partial charge is 0.388 e. The molecule has 0 aliphatic carbocycles. The van der Waals surface area contributed by atoms with Crippen molar-refractivity contribution in [1.82, 2.24) is 5.32 Å². The lowest BCUT2D eigenvalue weighted by atomic mass is 10.1. The predicted molar refractivity (Wildman–Crippen MR) is 94.9 cm³/mol. The number of carbonyl (C=O) groups is 1. The number of rotatable bonds is 7. The molecule has 2 aromatic carbocycles. The quantitative estimate of drug-likeness (QED) is 0.727. The maximum atomic E-state index is 11.9. The minimum absolute atomic E-state index is 0.0316. The maximum Gasteiger partial charge on any atom is 0.319 e. The van der Waals surface area contributed by atoms with E-state index in [1.807, 2.05) is 61.5 Å². The molecule has 0 heterocycles. The van der Waals surface area contributed by atoms with Gasteiger partial charge in [-0.2, -0.15) is 0 Å². The zero-order valence-electron chi connectivity index (χ0n) is 14.0. The smallest absolute Gasteiger partial charge is 0.319 e. The summed E-state index contributed by atoms with van der Waals surface area (Å²) in [6.07, 6.45) is -0.161. The van der Waals surface area contributed by atoms with Crippen LogP contribution in [0.5, 0.6) is 0 Å². The summed E-state index contributed by atoms with van der Waals surface area (Å²) in [4.78, 5) is 11.9. The molecule has 0 aliphatic heterocycles. The Balaban J connectivity index is 1.79. The molecule has 2 unspecified atom stereocenters. The third kappa shape index (κ3) is 5.37. The lowest BCUT2D eigenvalue weighted by molar-refractivity contribution is 0.119. The van der Waals surface area contributed by atoms with Gasteiger partial charge in [0.1, 0.15) is 0 Å². The molecule has 2 amide bonds. The molecule has 2 aromatic rings. The second-order valence-electron chi connectivity index (χ2n) is 5.60. The number of aliphatic hydroxyl groups is 1. The first kappa shape index (κ1) is 18.0. The molecule has 3 N–H and O–H groups in total. The van der Waals surface area contributed by atoms with Crippen molar-refractivity contribution in [2.24, 2.45) is 0 Å². The Hall–Kier alpha value is -2.37. The van der Waals surface area contributed by atoms with E-state index in [0.29, 0.717) is 18.7 Å². The number of benzene rings is 2. The Kier molecular flexibility index (Phi) is 6.78. The maximum absolute atomic E-state index is 11.9. The number of hydrogen-bond donors (Lipinski definition) is 3. The van der Waals surface area contributed by atoms with Crippen LogP contribution in [0, 0.1) is 0 Å². The molecule has 5 heteroatoms. The molecular weight excluding hydrogens is 304 g/mol. The minimum atomic E-state index is -0.586. The van der Waals surface area contributed by atoms with E-state index in [1.54, 1.807) is 7.11 Å². The number of carbonyl (C=O) groups excluding carboxylic acids is 1. The Morgan fingerprint density at radius 2 is 1.83 bits per heavy atom. The number of methoxy groups -OCH3 is 1. The van der Waals surface area contributed by atoms with Gasteiger partial charge in [-0.3, -0.25) is 0 Å². The highest BCUT2D eigenvalue weighted by molar-refractivity contribution is 5.89. The molecule has 0 bridgehead atoms. The summed E-state index contributed by atoms with van der Waals surface area (Å²) in [6.45, 7) is 2.33. The molecule has 0 fully saturated rings. The number of urea groups is 1. The van der Waals surface area contributed by atoms with Gasteiger partial charge < -0.3 is 20.5 Å². The van der Waals surface area contributed by atoms with Crippen LogP contribution in [-0.2, 0) is 4.74 Å². The first-order valence-electron chi connectivity index (χ1n) is 8.00. The van der Waals surface area contributed by atoms with Gasteiger partial charge in [0.2, 0.25) is 0 Å². The van der Waals surface area contributed by atoms with E-state index in [1.165, 1.54) is 0 Å². The molecule has 0 saturated heterocycles. The van der Waals surface area contributed by atoms with Gasteiger partial charge in [0.15, 0.2) is 0 Å². The molecule has 2 rings (SSSR count). The fourth-order valence-electron chi connectivity index (χ4n) is 2.34. The summed E-state index contributed by atoms with van der Waals surface area (Å²) >= 11 is 0. The third-order valence-electron chi connectivity index (χ3n) is 3.86. The second kappa shape index (κ2) is 9.05. The van der Waals surface area contributed by atoms with Crippen LogP contribution in [-0.4, -0.2) is 24.8 Å². The predicted octanol–water partition coefficient (Wildman–Crippen LogP) is 3.64. The Morgan fingerprint density at radius 3 is 2.54 bits per heavy atom. The average Bonchev–Trinajstić information content (AvgIpc) is 2.61. The van der Waals surface area contributed by atoms with E-state index < -0.39 is 6.10 Å². The molecule has 0 aliphatic rings. The van der Waals surface area contributed by atoms with Gasteiger partial charge in [0.05, 0.1) is 12.2 Å². The zero-order valence-corrected chi connectivity index (χ0v) is 14.0. The van der Waals surface area contributed by atoms with Crippen molar-refractivity contribution in [3.8, 4) is 0 Å². The van der Waals surface area contributed by atoms with Crippen LogP contribution >= 0.6 is 0 Å². The van der Waals surface area contributed by atoms with Crippen LogP contribution < -0.4 is 10.6 Å². The van der Waals surface area contributed by atoms with E-state index in [-0.39, 0.29) is 12.1 Å². The average molecular weight is 328 g/mol. The van der Waals surface area contributed by atoms with Crippen molar-refractivity contribution in [3.05, 3.63) is 65.7 Å². The van der Waals surface area contributed by atoms with Gasteiger partial charge >= 0.3 is 6.03 Å². The first-order valence-corrected chi connectivity index (χ1v) is 8.00. The molecule has 5 nitrogen and oxygen atoms in total. The van der Waals surface area contributed by atoms with Crippen LogP contribution in [0.15, 0.2) is 54.6 Å². The normalized spacial score (nSPS) is 13.1. The van der Waals surface area contributed by atoms with E-state index in [2.05, 4.69) is 10.6 Å². The standard InChI is InChI=1S/C19H24N2O3/c1-14(24-2)16-9-6-10-17(13-16)21-19(23)20-12-11-18(22)15-7-4-3-5-8-15/h3-10,13-14,18,22H,11-12H2,1-2H3,(H2,20,21,23). The van der Waals surface area contributed by atoms with Gasteiger partial charge in [-0.15, -0.1) is 0 Å². The van der Waals surface area contributed by atoms with E-state index >= 15 is 0 Å². The third-order valence-corrected chi connectivity index (χ3v) is 3.86. The summed E-state index contributed by atoms with van der Waals surface area (Å²) < 4.78 is 5.27. The molecule has 0 radical (unpaired) electrons. The highest BCUT2D eigenvalue weighted by Crippen LogP contribution is 2.19. The summed E-state index contributed by atoms with van der Waals surface area (Å²) in [7, 11) is 1.65. The zero-order chi connectivity index (χ0) is 17.4. The lowest BCUT2D eigenvalue weighted by Gasteiger charge is -2.14.